The third-order valence-electron chi connectivity index (χ3n) is 6.31. The zero-order valence-electron chi connectivity index (χ0n) is 16.2. The predicted octanol–water partition coefficient (Wildman–Crippen LogP) is 3.73. The van der Waals surface area contributed by atoms with Gasteiger partial charge in [-0.15, -0.1) is 0 Å². The minimum Gasteiger partial charge on any atom is -0.339 e. The maximum absolute atomic E-state index is 13.1. The first-order chi connectivity index (χ1) is 13.1. The second-order valence-corrected chi connectivity index (χ2v) is 8.40. The van der Waals surface area contributed by atoms with Crippen molar-refractivity contribution in [3.05, 3.63) is 42.0 Å². The van der Waals surface area contributed by atoms with Gasteiger partial charge in [-0.2, -0.15) is 0 Å². The van der Waals surface area contributed by atoms with Crippen LogP contribution in [0.25, 0.3) is 6.08 Å². The van der Waals surface area contributed by atoms with Gasteiger partial charge in [0.15, 0.2) is 0 Å². The number of hydrogen-bond acceptors (Lipinski definition) is 2. The van der Waals surface area contributed by atoms with E-state index in [1.165, 1.54) is 25.7 Å². The second kappa shape index (κ2) is 7.87. The molecule has 0 N–H and O–H groups in total. The molecule has 0 aromatic heterocycles. The van der Waals surface area contributed by atoms with E-state index in [0.717, 1.165) is 24.3 Å². The summed E-state index contributed by atoms with van der Waals surface area (Å²) in [7, 11) is 0. The number of benzene rings is 1. The molecule has 3 aliphatic rings. The Labute approximate surface area is 162 Å². The van der Waals surface area contributed by atoms with Crippen molar-refractivity contribution in [3.8, 4) is 0 Å². The van der Waals surface area contributed by atoms with Crippen LogP contribution < -0.4 is 0 Å². The van der Waals surface area contributed by atoms with E-state index in [1.807, 2.05) is 41.3 Å². The normalized spacial score (nSPS) is 22.0. The first-order valence-corrected chi connectivity index (χ1v) is 10.5. The highest BCUT2D eigenvalue weighted by molar-refractivity contribution is 5.92. The zero-order chi connectivity index (χ0) is 18.8. The smallest absolute Gasteiger partial charge is 0.246 e. The monoisotopic (exact) mass is 366 g/mol. The Morgan fingerprint density at radius 3 is 2.30 bits per heavy atom. The maximum atomic E-state index is 13.1. The second-order valence-electron chi connectivity index (χ2n) is 8.40. The Kier molecular flexibility index (Phi) is 5.33. The molecule has 2 aliphatic carbocycles. The standard InChI is InChI=1S/C23H30N2O2/c1-17(19-8-9-19)25(21-10-11-21)23(27)20-13-15-24(16-14-20)22(26)12-7-18-5-3-2-4-6-18/h2-7,12,17,19-21H,8-11,13-16H2,1H3/b12-7+/t17-/m1/s1. The number of likely N-dealkylation sites (tertiary alicyclic amines) is 1. The lowest BCUT2D eigenvalue weighted by Crippen LogP contribution is -2.48. The first-order valence-electron chi connectivity index (χ1n) is 10.5. The summed E-state index contributed by atoms with van der Waals surface area (Å²) in [5.74, 6) is 1.22. The Hall–Kier alpha value is -2.10. The van der Waals surface area contributed by atoms with Crippen molar-refractivity contribution in [2.24, 2.45) is 11.8 Å². The molecule has 0 radical (unpaired) electrons. The van der Waals surface area contributed by atoms with Crippen LogP contribution in [0.1, 0.15) is 51.0 Å². The zero-order valence-corrected chi connectivity index (χ0v) is 16.2. The Morgan fingerprint density at radius 1 is 1.04 bits per heavy atom. The topological polar surface area (TPSA) is 40.6 Å². The van der Waals surface area contributed by atoms with E-state index in [1.54, 1.807) is 6.08 Å². The van der Waals surface area contributed by atoms with Crippen LogP contribution in [-0.2, 0) is 9.59 Å². The molecule has 4 rings (SSSR count). The van der Waals surface area contributed by atoms with Gasteiger partial charge in [-0.25, -0.2) is 0 Å². The van der Waals surface area contributed by atoms with Crippen molar-refractivity contribution >= 4 is 17.9 Å². The summed E-state index contributed by atoms with van der Waals surface area (Å²) in [5.41, 5.74) is 1.03. The molecule has 1 aliphatic heterocycles. The van der Waals surface area contributed by atoms with Crippen molar-refractivity contribution in [3.63, 3.8) is 0 Å². The molecule has 1 aromatic carbocycles. The van der Waals surface area contributed by atoms with E-state index in [9.17, 15) is 9.59 Å². The van der Waals surface area contributed by atoms with Crippen LogP contribution in [0.15, 0.2) is 36.4 Å². The molecule has 4 heteroatoms. The molecule has 2 amide bonds. The van der Waals surface area contributed by atoms with Crippen molar-refractivity contribution < 1.29 is 9.59 Å². The van der Waals surface area contributed by atoms with Gasteiger partial charge < -0.3 is 9.80 Å². The third-order valence-corrected chi connectivity index (χ3v) is 6.31. The third kappa shape index (κ3) is 4.42. The molecular weight excluding hydrogens is 336 g/mol. The molecule has 1 atom stereocenters. The summed E-state index contributed by atoms with van der Waals surface area (Å²) in [4.78, 5) is 29.7. The largest absolute Gasteiger partial charge is 0.339 e. The lowest BCUT2D eigenvalue weighted by atomic mass is 9.94. The number of amides is 2. The fraction of sp³-hybridized carbons (Fsp3) is 0.565. The van der Waals surface area contributed by atoms with Gasteiger partial charge in [-0.1, -0.05) is 30.3 Å². The van der Waals surface area contributed by atoms with Crippen molar-refractivity contribution in [1.29, 1.82) is 0 Å². The predicted molar refractivity (Wildman–Crippen MR) is 107 cm³/mol. The highest BCUT2D eigenvalue weighted by atomic mass is 16.2. The average molecular weight is 367 g/mol. The molecule has 1 saturated heterocycles. The van der Waals surface area contributed by atoms with Crippen LogP contribution in [0, 0.1) is 11.8 Å². The number of carbonyl (C=O) groups excluding carboxylic acids is 2. The van der Waals surface area contributed by atoms with Gasteiger partial charge in [0, 0.05) is 37.2 Å². The van der Waals surface area contributed by atoms with E-state index in [0.29, 0.717) is 31.1 Å². The summed E-state index contributed by atoms with van der Waals surface area (Å²) >= 11 is 0. The average Bonchev–Trinajstić information content (AvgIpc) is 3.60. The van der Waals surface area contributed by atoms with Crippen molar-refractivity contribution in [2.45, 2.75) is 57.5 Å². The van der Waals surface area contributed by atoms with Crippen molar-refractivity contribution in [1.82, 2.24) is 9.80 Å². The molecule has 0 bridgehead atoms. The molecule has 2 saturated carbocycles. The van der Waals surface area contributed by atoms with Gasteiger partial charge in [-0.3, -0.25) is 9.59 Å². The fourth-order valence-corrected chi connectivity index (χ4v) is 4.27. The Bertz CT molecular complexity index is 698. The fourth-order valence-electron chi connectivity index (χ4n) is 4.27. The maximum Gasteiger partial charge on any atom is 0.246 e. The van der Waals surface area contributed by atoms with E-state index in [-0.39, 0.29) is 11.8 Å². The molecule has 27 heavy (non-hydrogen) atoms. The highest BCUT2D eigenvalue weighted by Gasteiger charge is 2.43. The van der Waals surface area contributed by atoms with Gasteiger partial charge in [0.1, 0.15) is 0 Å². The first kappa shape index (κ1) is 18.3. The summed E-state index contributed by atoms with van der Waals surface area (Å²) in [6.45, 7) is 3.61. The Morgan fingerprint density at radius 2 is 1.70 bits per heavy atom. The minimum absolute atomic E-state index is 0.0511. The van der Waals surface area contributed by atoms with Gasteiger partial charge >= 0.3 is 0 Å². The summed E-state index contributed by atoms with van der Waals surface area (Å²) in [5, 5.41) is 0. The molecule has 1 aromatic rings. The molecule has 4 nitrogen and oxygen atoms in total. The number of carbonyl (C=O) groups is 2. The summed E-state index contributed by atoms with van der Waals surface area (Å²) < 4.78 is 0. The molecular formula is C23H30N2O2. The number of piperidine rings is 1. The number of hydrogen-bond donors (Lipinski definition) is 0. The van der Waals surface area contributed by atoms with Crippen LogP contribution in [0.4, 0.5) is 0 Å². The lowest BCUT2D eigenvalue weighted by molar-refractivity contribution is -0.142. The van der Waals surface area contributed by atoms with Gasteiger partial charge in [0.2, 0.25) is 11.8 Å². The van der Waals surface area contributed by atoms with Crippen LogP contribution in [0.5, 0.6) is 0 Å². The number of rotatable bonds is 6. The van der Waals surface area contributed by atoms with Crippen LogP contribution in [0.3, 0.4) is 0 Å². The van der Waals surface area contributed by atoms with Gasteiger partial charge in [0.05, 0.1) is 0 Å². The molecule has 144 valence electrons. The van der Waals surface area contributed by atoms with E-state index < -0.39 is 0 Å². The van der Waals surface area contributed by atoms with E-state index in [2.05, 4.69) is 11.8 Å². The lowest BCUT2D eigenvalue weighted by Gasteiger charge is -2.36. The Balaban J connectivity index is 1.31. The minimum atomic E-state index is 0.0511. The van der Waals surface area contributed by atoms with Gasteiger partial charge in [0.25, 0.3) is 0 Å². The highest BCUT2D eigenvalue weighted by Crippen LogP contribution is 2.41. The van der Waals surface area contributed by atoms with Crippen LogP contribution >= 0.6 is 0 Å². The van der Waals surface area contributed by atoms with E-state index in [4.69, 9.17) is 0 Å². The van der Waals surface area contributed by atoms with Crippen LogP contribution in [-0.4, -0.2) is 46.8 Å². The summed E-state index contributed by atoms with van der Waals surface area (Å²) in [6.07, 6.45) is 10.0. The van der Waals surface area contributed by atoms with E-state index >= 15 is 0 Å². The molecule has 3 fully saturated rings. The molecule has 1 heterocycles. The van der Waals surface area contributed by atoms with Crippen molar-refractivity contribution in [2.75, 3.05) is 13.1 Å². The SMILES string of the molecule is C[C@H](C1CC1)N(C(=O)C1CCN(C(=O)/C=C/c2ccccc2)CC1)C1CC1. The number of nitrogens with zero attached hydrogens (tertiary/aromatic N) is 2. The molecule has 0 unspecified atom stereocenters. The molecule has 0 spiro atoms. The van der Waals surface area contributed by atoms with Gasteiger partial charge in [-0.05, 0) is 63.0 Å². The van der Waals surface area contributed by atoms with Crippen LogP contribution in [0.2, 0.25) is 0 Å². The summed E-state index contributed by atoms with van der Waals surface area (Å²) in [6, 6.07) is 10.8. The quantitative estimate of drug-likeness (QED) is 0.720.